The summed E-state index contributed by atoms with van der Waals surface area (Å²) >= 11 is 0. The van der Waals surface area contributed by atoms with Gasteiger partial charge in [-0.1, -0.05) is 44.1 Å². The monoisotopic (exact) mass is 346 g/mol. The summed E-state index contributed by atoms with van der Waals surface area (Å²) in [5.74, 6) is -0.502. The SMILES string of the molecule is CC(C)(C)c1nc(CN2C(=O)NC(C)(c3ccccc3F)C2=O)no1. The van der Waals surface area contributed by atoms with E-state index in [1.54, 1.807) is 6.07 Å². The van der Waals surface area contributed by atoms with Gasteiger partial charge in [-0.15, -0.1) is 0 Å². The van der Waals surface area contributed by atoms with Crippen LogP contribution in [0.15, 0.2) is 28.8 Å². The molecule has 0 radical (unpaired) electrons. The highest BCUT2D eigenvalue weighted by Crippen LogP contribution is 2.31. The third kappa shape index (κ3) is 2.88. The predicted octanol–water partition coefficient (Wildman–Crippen LogP) is 2.47. The van der Waals surface area contributed by atoms with Crippen molar-refractivity contribution in [2.45, 2.75) is 45.2 Å². The second-order valence-electron chi connectivity index (χ2n) is 7.19. The smallest absolute Gasteiger partial charge is 0.325 e. The first-order valence-electron chi connectivity index (χ1n) is 7.85. The minimum Gasteiger partial charge on any atom is -0.339 e. The molecule has 0 saturated carbocycles. The Morgan fingerprint density at radius 3 is 2.56 bits per heavy atom. The van der Waals surface area contributed by atoms with Gasteiger partial charge >= 0.3 is 6.03 Å². The van der Waals surface area contributed by atoms with Crippen LogP contribution in [0, 0.1) is 5.82 Å². The minimum absolute atomic E-state index is 0.111. The number of carbonyl (C=O) groups is 2. The fourth-order valence-electron chi connectivity index (χ4n) is 2.65. The van der Waals surface area contributed by atoms with Crippen LogP contribution in [-0.2, 0) is 22.3 Å². The van der Waals surface area contributed by atoms with E-state index in [1.807, 2.05) is 20.8 Å². The Bertz CT molecular complexity index is 842. The lowest BCUT2D eigenvalue weighted by molar-refractivity contribution is -0.131. The van der Waals surface area contributed by atoms with Gasteiger partial charge in [0.2, 0.25) is 5.89 Å². The Morgan fingerprint density at radius 2 is 1.96 bits per heavy atom. The highest BCUT2D eigenvalue weighted by Gasteiger charge is 2.50. The second-order valence-corrected chi connectivity index (χ2v) is 7.19. The predicted molar refractivity (Wildman–Crippen MR) is 85.8 cm³/mol. The lowest BCUT2D eigenvalue weighted by Crippen LogP contribution is -2.41. The molecule has 1 aliphatic rings. The number of carbonyl (C=O) groups excluding carboxylic acids is 2. The maximum Gasteiger partial charge on any atom is 0.325 e. The van der Waals surface area contributed by atoms with E-state index in [0.29, 0.717) is 5.89 Å². The van der Waals surface area contributed by atoms with Crippen LogP contribution in [0.5, 0.6) is 0 Å². The molecule has 7 nitrogen and oxygen atoms in total. The van der Waals surface area contributed by atoms with Crippen molar-refractivity contribution in [1.29, 1.82) is 0 Å². The van der Waals surface area contributed by atoms with Gasteiger partial charge in [-0.05, 0) is 13.0 Å². The Labute approximate surface area is 144 Å². The summed E-state index contributed by atoms with van der Waals surface area (Å²) in [4.78, 5) is 30.3. The van der Waals surface area contributed by atoms with Crippen molar-refractivity contribution >= 4 is 11.9 Å². The fourth-order valence-corrected chi connectivity index (χ4v) is 2.65. The van der Waals surface area contributed by atoms with Crippen molar-refractivity contribution < 1.29 is 18.5 Å². The molecule has 2 heterocycles. The number of amides is 3. The quantitative estimate of drug-likeness (QED) is 0.863. The van der Waals surface area contributed by atoms with Crippen molar-refractivity contribution in [2.24, 2.45) is 0 Å². The van der Waals surface area contributed by atoms with Gasteiger partial charge in [0.1, 0.15) is 11.4 Å². The number of imide groups is 1. The van der Waals surface area contributed by atoms with Crippen LogP contribution in [0.2, 0.25) is 0 Å². The van der Waals surface area contributed by atoms with Crippen molar-refractivity contribution in [3.63, 3.8) is 0 Å². The highest BCUT2D eigenvalue weighted by atomic mass is 19.1. The van der Waals surface area contributed by atoms with Crippen LogP contribution < -0.4 is 5.32 Å². The van der Waals surface area contributed by atoms with Crippen LogP contribution in [0.1, 0.15) is 45.0 Å². The average molecular weight is 346 g/mol. The van der Waals surface area contributed by atoms with Gasteiger partial charge in [0.15, 0.2) is 5.82 Å². The zero-order chi connectivity index (χ0) is 18.4. The van der Waals surface area contributed by atoms with Gasteiger partial charge in [-0.3, -0.25) is 9.69 Å². The number of halogens is 1. The van der Waals surface area contributed by atoms with Crippen molar-refractivity contribution in [1.82, 2.24) is 20.4 Å². The van der Waals surface area contributed by atoms with E-state index in [1.165, 1.54) is 25.1 Å². The first kappa shape index (κ1) is 17.1. The normalized spacial score (nSPS) is 20.9. The van der Waals surface area contributed by atoms with E-state index in [0.717, 1.165) is 4.90 Å². The zero-order valence-corrected chi connectivity index (χ0v) is 14.5. The van der Waals surface area contributed by atoms with E-state index in [9.17, 15) is 14.0 Å². The summed E-state index contributed by atoms with van der Waals surface area (Å²) in [6.45, 7) is 7.06. The number of aromatic nitrogens is 2. The molecule has 1 aromatic carbocycles. The first-order valence-corrected chi connectivity index (χ1v) is 7.85. The summed E-state index contributed by atoms with van der Waals surface area (Å²) in [7, 11) is 0. The maximum absolute atomic E-state index is 14.1. The topological polar surface area (TPSA) is 88.3 Å². The molecular formula is C17H19FN4O3. The third-order valence-corrected chi connectivity index (χ3v) is 4.10. The first-order chi connectivity index (χ1) is 11.6. The van der Waals surface area contributed by atoms with Crippen molar-refractivity contribution in [2.75, 3.05) is 0 Å². The lowest BCUT2D eigenvalue weighted by atomic mass is 9.91. The van der Waals surface area contributed by atoms with Crippen LogP contribution in [0.25, 0.3) is 0 Å². The molecular weight excluding hydrogens is 327 g/mol. The fraction of sp³-hybridized carbons (Fsp3) is 0.412. The van der Waals surface area contributed by atoms with Gasteiger partial charge in [0, 0.05) is 11.0 Å². The lowest BCUT2D eigenvalue weighted by Gasteiger charge is -2.22. The van der Waals surface area contributed by atoms with Crippen molar-refractivity contribution in [3.05, 3.63) is 47.4 Å². The number of hydrogen-bond acceptors (Lipinski definition) is 5. The number of rotatable bonds is 3. The highest BCUT2D eigenvalue weighted by molar-refractivity contribution is 6.07. The number of nitrogens with zero attached hydrogens (tertiary/aromatic N) is 3. The molecule has 2 aromatic rings. The minimum atomic E-state index is -1.47. The number of benzene rings is 1. The Balaban J connectivity index is 1.87. The Hall–Kier alpha value is -2.77. The molecule has 1 aromatic heterocycles. The Kier molecular flexibility index (Phi) is 3.85. The summed E-state index contributed by atoms with van der Waals surface area (Å²) in [6.07, 6.45) is 0. The zero-order valence-electron chi connectivity index (χ0n) is 14.5. The third-order valence-electron chi connectivity index (χ3n) is 4.10. The molecule has 1 saturated heterocycles. The molecule has 0 aliphatic carbocycles. The molecule has 1 N–H and O–H groups in total. The van der Waals surface area contributed by atoms with Gasteiger partial charge < -0.3 is 9.84 Å². The van der Waals surface area contributed by atoms with E-state index in [-0.39, 0.29) is 23.3 Å². The maximum atomic E-state index is 14.1. The molecule has 1 fully saturated rings. The van der Waals surface area contributed by atoms with Crippen LogP contribution in [-0.4, -0.2) is 27.0 Å². The molecule has 1 aliphatic heterocycles. The Morgan fingerprint density at radius 1 is 1.28 bits per heavy atom. The summed E-state index contributed by atoms with van der Waals surface area (Å²) in [5.41, 5.74) is -1.71. The summed E-state index contributed by atoms with van der Waals surface area (Å²) in [6, 6.07) is 5.23. The van der Waals surface area contributed by atoms with Crippen LogP contribution >= 0.6 is 0 Å². The molecule has 1 atom stereocenters. The van der Waals surface area contributed by atoms with E-state index < -0.39 is 23.3 Å². The van der Waals surface area contributed by atoms with Crippen LogP contribution in [0.3, 0.4) is 0 Å². The van der Waals surface area contributed by atoms with Gasteiger partial charge in [0.25, 0.3) is 5.91 Å². The summed E-state index contributed by atoms with van der Waals surface area (Å²) < 4.78 is 19.3. The van der Waals surface area contributed by atoms with E-state index in [2.05, 4.69) is 15.5 Å². The molecule has 3 amide bonds. The second kappa shape index (κ2) is 5.65. The van der Waals surface area contributed by atoms with Gasteiger partial charge in [0.05, 0.1) is 6.54 Å². The molecule has 0 bridgehead atoms. The molecule has 25 heavy (non-hydrogen) atoms. The van der Waals surface area contributed by atoms with Crippen molar-refractivity contribution in [3.8, 4) is 0 Å². The number of nitrogens with one attached hydrogen (secondary N) is 1. The molecule has 132 valence electrons. The molecule has 8 heteroatoms. The molecule has 0 spiro atoms. The summed E-state index contributed by atoms with van der Waals surface area (Å²) in [5, 5.41) is 6.37. The van der Waals surface area contributed by atoms with E-state index >= 15 is 0 Å². The van der Waals surface area contributed by atoms with Gasteiger partial charge in [-0.25, -0.2) is 9.18 Å². The standard InChI is InChI=1S/C17H19FN4O3/c1-16(2,3)13-19-12(21-25-13)9-22-14(23)17(4,20-15(22)24)10-7-5-6-8-11(10)18/h5-8H,9H2,1-4H3,(H,20,24). The largest absolute Gasteiger partial charge is 0.339 e. The van der Waals surface area contributed by atoms with E-state index in [4.69, 9.17) is 4.52 Å². The van der Waals surface area contributed by atoms with Gasteiger partial charge in [-0.2, -0.15) is 4.98 Å². The van der Waals surface area contributed by atoms with Crippen LogP contribution in [0.4, 0.5) is 9.18 Å². The average Bonchev–Trinajstić information content (AvgIpc) is 3.08. The molecule has 1 unspecified atom stereocenters. The number of hydrogen-bond donors (Lipinski definition) is 1. The number of urea groups is 1. The molecule has 3 rings (SSSR count).